The highest BCUT2D eigenvalue weighted by molar-refractivity contribution is 5.87. The van der Waals surface area contributed by atoms with E-state index in [4.69, 9.17) is 14.2 Å². The molecule has 1 fully saturated rings. The van der Waals surface area contributed by atoms with E-state index in [-0.39, 0.29) is 6.61 Å². The highest BCUT2D eigenvalue weighted by Crippen LogP contribution is 2.25. The SMILES string of the molecule is O=C(/C=C/c1ccccc1)O[C@@H]1C(CO)O[C@@H](OCCc2ccccc2)C(O)C1O. The number of benzene rings is 2. The third-order valence-electron chi connectivity index (χ3n) is 4.80. The maximum atomic E-state index is 12.1. The highest BCUT2D eigenvalue weighted by atomic mass is 16.7. The molecule has 2 aromatic carbocycles. The van der Waals surface area contributed by atoms with Crippen molar-refractivity contribution in [2.75, 3.05) is 13.2 Å². The molecule has 0 aromatic heterocycles. The van der Waals surface area contributed by atoms with Crippen LogP contribution in [0.5, 0.6) is 0 Å². The van der Waals surface area contributed by atoms with Gasteiger partial charge >= 0.3 is 5.97 Å². The molecule has 1 heterocycles. The number of aliphatic hydroxyl groups is 3. The number of rotatable bonds is 8. The standard InChI is InChI=1S/C23H26O7/c24-15-18-22(30-19(25)12-11-16-7-3-1-4-8-16)20(26)21(27)23(29-18)28-14-13-17-9-5-2-6-10-17/h1-12,18,20-24,26-27H,13-15H2/b12-11+/t18?,20?,21?,22-,23-/m1/s1. The van der Waals surface area contributed by atoms with Gasteiger partial charge in [0.1, 0.15) is 18.3 Å². The van der Waals surface area contributed by atoms with Crippen LogP contribution in [0.3, 0.4) is 0 Å². The molecule has 3 unspecified atom stereocenters. The monoisotopic (exact) mass is 414 g/mol. The van der Waals surface area contributed by atoms with Crippen molar-refractivity contribution in [2.45, 2.75) is 37.1 Å². The van der Waals surface area contributed by atoms with Crippen LogP contribution in [0.4, 0.5) is 0 Å². The van der Waals surface area contributed by atoms with Crippen LogP contribution in [0.1, 0.15) is 11.1 Å². The van der Waals surface area contributed by atoms with E-state index in [2.05, 4.69) is 0 Å². The van der Waals surface area contributed by atoms with Crippen molar-refractivity contribution in [3.8, 4) is 0 Å². The predicted molar refractivity (Wildman–Crippen MR) is 109 cm³/mol. The molecule has 0 aliphatic carbocycles. The first-order valence-corrected chi connectivity index (χ1v) is 9.80. The van der Waals surface area contributed by atoms with Crippen LogP contribution in [0.2, 0.25) is 0 Å². The molecule has 1 aliphatic heterocycles. The number of aliphatic hydroxyl groups excluding tert-OH is 3. The molecule has 0 saturated carbocycles. The predicted octanol–water partition coefficient (Wildman–Crippen LogP) is 1.31. The van der Waals surface area contributed by atoms with E-state index < -0.39 is 43.3 Å². The third-order valence-corrected chi connectivity index (χ3v) is 4.80. The van der Waals surface area contributed by atoms with Gasteiger partial charge in [-0.1, -0.05) is 60.7 Å². The summed E-state index contributed by atoms with van der Waals surface area (Å²) in [6, 6.07) is 18.8. The van der Waals surface area contributed by atoms with Crippen molar-refractivity contribution in [1.29, 1.82) is 0 Å². The summed E-state index contributed by atoms with van der Waals surface area (Å²) in [5.41, 5.74) is 1.86. The number of hydrogen-bond acceptors (Lipinski definition) is 7. The summed E-state index contributed by atoms with van der Waals surface area (Å²) in [5.74, 6) is -0.722. The summed E-state index contributed by atoms with van der Waals surface area (Å²) in [5, 5.41) is 30.4. The molecule has 0 amide bonds. The van der Waals surface area contributed by atoms with Gasteiger partial charge in [-0.2, -0.15) is 0 Å². The molecule has 0 spiro atoms. The first kappa shape index (κ1) is 22.1. The molecule has 2 aromatic rings. The molecule has 3 rings (SSSR count). The zero-order chi connectivity index (χ0) is 21.3. The summed E-state index contributed by atoms with van der Waals surface area (Å²) >= 11 is 0. The van der Waals surface area contributed by atoms with Crippen LogP contribution in [-0.2, 0) is 25.4 Å². The Morgan fingerprint density at radius 1 is 1.00 bits per heavy atom. The summed E-state index contributed by atoms with van der Waals surface area (Å²) < 4.78 is 16.4. The Labute approximate surface area is 175 Å². The normalized spacial score (nSPS) is 26.6. The number of carbonyl (C=O) groups is 1. The molecule has 7 nitrogen and oxygen atoms in total. The van der Waals surface area contributed by atoms with E-state index in [9.17, 15) is 20.1 Å². The zero-order valence-corrected chi connectivity index (χ0v) is 16.4. The first-order valence-electron chi connectivity index (χ1n) is 9.80. The van der Waals surface area contributed by atoms with Crippen LogP contribution in [0.25, 0.3) is 6.08 Å². The van der Waals surface area contributed by atoms with E-state index >= 15 is 0 Å². The molecule has 160 valence electrons. The van der Waals surface area contributed by atoms with Gasteiger partial charge in [-0.15, -0.1) is 0 Å². The fourth-order valence-electron chi connectivity index (χ4n) is 3.18. The second-order valence-electron chi connectivity index (χ2n) is 6.96. The molecule has 30 heavy (non-hydrogen) atoms. The maximum Gasteiger partial charge on any atom is 0.331 e. The van der Waals surface area contributed by atoms with Gasteiger partial charge in [0.25, 0.3) is 0 Å². The topological polar surface area (TPSA) is 105 Å². The lowest BCUT2D eigenvalue weighted by Gasteiger charge is -2.41. The average molecular weight is 414 g/mol. The molecule has 5 atom stereocenters. The fraction of sp³-hybridized carbons (Fsp3) is 0.348. The number of esters is 1. The van der Waals surface area contributed by atoms with Gasteiger partial charge in [0.2, 0.25) is 0 Å². The molecule has 7 heteroatoms. The van der Waals surface area contributed by atoms with Crippen LogP contribution in [0, 0.1) is 0 Å². The van der Waals surface area contributed by atoms with E-state index in [1.165, 1.54) is 6.08 Å². The summed E-state index contributed by atoms with van der Waals surface area (Å²) in [6.07, 6.45) is -2.92. The van der Waals surface area contributed by atoms with Crippen molar-refractivity contribution in [3.63, 3.8) is 0 Å². The lowest BCUT2D eigenvalue weighted by molar-refractivity contribution is -0.302. The van der Waals surface area contributed by atoms with Gasteiger partial charge in [0, 0.05) is 6.08 Å². The van der Waals surface area contributed by atoms with Crippen molar-refractivity contribution >= 4 is 12.0 Å². The Kier molecular flexibility index (Phi) is 8.12. The van der Waals surface area contributed by atoms with Crippen LogP contribution in [0.15, 0.2) is 66.7 Å². The van der Waals surface area contributed by atoms with Gasteiger partial charge in [-0.25, -0.2) is 4.79 Å². The Hall–Kier alpha value is -2.55. The van der Waals surface area contributed by atoms with Crippen LogP contribution in [-0.4, -0.2) is 65.2 Å². The number of carbonyl (C=O) groups excluding carboxylic acids is 1. The largest absolute Gasteiger partial charge is 0.453 e. The quantitative estimate of drug-likeness (QED) is 0.442. The van der Waals surface area contributed by atoms with Crippen LogP contribution >= 0.6 is 0 Å². The molecule has 1 aliphatic rings. The van der Waals surface area contributed by atoms with E-state index in [1.807, 2.05) is 60.7 Å². The number of ether oxygens (including phenoxy) is 3. The molecule has 1 saturated heterocycles. The van der Waals surface area contributed by atoms with Crippen molar-refractivity contribution in [1.82, 2.24) is 0 Å². The summed E-state index contributed by atoms with van der Waals surface area (Å²) in [7, 11) is 0. The van der Waals surface area contributed by atoms with Gasteiger partial charge < -0.3 is 29.5 Å². The number of hydrogen-bond donors (Lipinski definition) is 3. The van der Waals surface area contributed by atoms with Crippen LogP contribution < -0.4 is 0 Å². The fourth-order valence-corrected chi connectivity index (χ4v) is 3.18. The third kappa shape index (κ3) is 5.98. The summed E-state index contributed by atoms with van der Waals surface area (Å²) in [4.78, 5) is 12.1. The zero-order valence-electron chi connectivity index (χ0n) is 16.4. The van der Waals surface area contributed by atoms with Crippen molar-refractivity contribution in [3.05, 3.63) is 77.9 Å². The lowest BCUT2D eigenvalue weighted by atomic mass is 9.99. The average Bonchev–Trinajstić information content (AvgIpc) is 2.78. The summed E-state index contributed by atoms with van der Waals surface area (Å²) in [6.45, 7) is -0.260. The maximum absolute atomic E-state index is 12.1. The van der Waals surface area contributed by atoms with Gasteiger partial charge in [-0.05, 0) is 23.6 Å². The molecular weight excluding hydrogens is 388 g/mol. The van der Waals surface area contributed by atoms with Crippen molar-refractivity contribution < 1.29 is 34.3 Å². The molecule has 3 N–H and O–H groups in total. The molecular formula is C23H26O7. The van der Waals surface area contributed by atoms with Gasteiger partial charge in [0.05, 0.1) is 13.2 Å². The first-order chi connectivity index (χ1) is 14.6. The Balaban J connectivity index is 1.55. The minimum absolute atomic E-state index is 0.251. The molecule has 0 bridgehead atoms. The van der Waals surface area contributed by atoms with Gasteiger partial charge in [0.15, 0.2) is 12.4 Å². The van der Waals surface area contributed by atoms with Crippen molar-refractivity contribution in [2.24, 2.45) is 0 Å². The Morgan fingerprint density at radius 2 is 1.67 bits per heavy atom. The van der Waals surface area contributed by atoms with E-state index in [0.717, 1.165) is 11.1 Å². The van der Waals surface area contributed by atoms with E-state index in [0.29, 0.717) is 6.42 Å². The van der Waals surface area contributed by atoms with Gasteiger partial charge in [-0.3, -0.25) is 0 Å². The highest BCUT2D eigenvalue weighted by Gasteiger charge is 2.46. The smallest absolute Gasteiger partial charge is 0.331 e. The Morgan fingerprint density at radius 3 is 2.33 bits per heavy atom. The lowest BCUT2D eigenvalue weighted by Crippen LogP contribution is -2.60. The van der Waals surface area contributed by atoms with E-state index in [1.54, 1.807) is 6.08 Å². The minimum Gasteiger partial charge on any atom is -0.453 e. The second-order valence-corrected chi connectivity index (χ2v) is 6.96. The molecule has 0 radical (unpaired) electrons. The Bertz CT molecular complexity index is 807. The minimum atomic E-state index is -1.47. The second kappa shape index (κ2) is 11.0.